The summed E-state index contributed by atoms with van der Waals surface area (Å²) in [4.78, 5) is 6.90. The summed E-state index contributed by atoms with van der Waals surface area (Å²) in [6.07, 6.45) is 9.72. The zero-order chi connectivity index (χ0) is 17.0. The maximum Gasteiger partial charge on any atom is 0.193 e. The molecule has 134 valence electrons. The number of guanidine groups is 1. The van der Waals surface area contributed by atoms with Crippen LogP contribution in [0.5, 0.6) is 0 Å². The van der Waals surface area contributed by atoms with Crippen molar-refractivity contribution in [3.8, 4) is 0 Å². The number of hydrogen-bond acceptors (Lipinski definition) is 4. The Balaban J connectivity index is 1.57. The fraction of sp³-hybridized carbons (Fsp3) is 0.765. The standard InChI is InChI=1S/C17H29N5OS/c1-18-16(19-13-17(24-3)5-8-23-9-6-17)22-7-4-14(12-22)15-10-20-21(2)11-15/h10-11,14H,4-9,12-13H2,1-3H3,(H,18,19). The Hall–Kier alpha value is -1.21. The van der Waals surface area contributed by atoms with Gasteiger partial charge in [0, 0.05) is 63.8 Å². The van der Waals surface area contributed by atoms with Crippen LogP contribution in [0.3, 0.4) is 0 Å². The second-order valence-corrected chi connectivity index (χ2v) is 8.05. The van der Waals surface area contributed by atoms with Crippen LogP contribution in [0.15, 0.2) is 17.4 Å². The summed E-state index contributed by atoms with van der Waals surface area (Å²) < 4.78 is 7.70. The highest BCUT2D eigenvalue weighted by atomic mass is 32.2. The van der Waals surface area contributed by atoms with Gasteiger partial charge < -0.3 is 15.0 Å². The van der Waals surface area contributed by atoms with Crippen molar-refractivity contribution in [2.24, 2.45) is 12.0 Å². The van der Waals surface area contributed by atoms with Gasteiger partial charge in [-0.2, -0.15) is 16.9 Å². The molecule has 0 bridgehead atoms. The number of aromatic nitrogens is 2. The quantitative estimate of drug-likeness (QED) is 0.661. The van der Waals surface area contributed by atoms with Gasteiger partial charge in [-0.05, 0) is 31.1 Å². The normalized spacial score (nSPS) is 24.4. The van der Waals surface area contributed by atoms with Gasteiger partial charge in [0.1, 0.15) is 0 Å². The molecule has 1 aromatic rings. The molecular weight excluding hydrogens is 322 g/mol. The fourth-order valence-corrected chi connectivity index (χ4v) is 4.44. The first-order chi connectivity index (χ1) is 11.7. The molecule has 0 aliphatic carbocycles. The topological polar surface area (TPSA) is 54.7 Å². The van der Waals surface area contributed by atoms with Gasteiger partial charge in [0.25, 0.3) is 0 Å². The van der Waals surface area contributed by atoms with Gasteiger partial charge in [-0.25, -0.2) is 0 Å². The summed E-state index contributed by atoms with van der Waals surface area (Å²) in [5.74, 6) is 1.58. The minimum absolute atomic E-state index is 0.274. The van der Waals surface area contributed by atoms with Crippen LogP contribution in [0.4, 0.5) is 0 Å². The molecule has 2 fully saturated rings. The first kappa shape index (κ1) is 17.6. The summed E-state index contributed by atoms with van der Waals surface area (Å²) in [6.45, 7) is 4.76. The highest BCUT2D eigenvalue weighted by Gasteiger charge is 2.33. The number of nitrogens with zero attached hydrogens (tertiary/aromatic N) is 4. The summed E-state index contributed by atoms with van der Waals surface area (Å²) in [5.41, 5.74) is 1.33. The van der Waals surface area contributed by atoms with Gasteiger partial charge in [0.2, 0.25) is 0 Å². The van der Waals surface area contributed by atoms with E-state index in [0.717, 1.165) is 58.1 Å². The molecule has 0 saturated carbocycles. The van der Waals surface area contributed by atoms with E-state index < -0.39 is 0 Å². The van der Waals surface area contributed by atoms with Crippen LogP contribution in [-0.2, 0) is 11.8 Å². The molecule has 3 heterocycles. The Morgan fingerprint density at radius 3 is 2.92 bits per heavy atom. The van der Waals surface area contributed by atoms with E-state index in [4.69, 9.17) is 4.74 Å². The summed E-state index contributed by atoms with van der Waals surface area (Å²) in [6, 6.07) is 0. The summed E-state index contributed by atoms with van der Waals surface area (Å²) >= 11 is 1.96. The molecule has 2 aliphatic heterocycles. The van der Waals surface area contributed by atoms with Crippen LogP contribution in [0.2, 0.25) is 0 Å². The number of thioether (sulfide) groups is 1. The first-order valence-corrected chi connectivity index (χ1v) is 9.95. The molecule has 6 nitrogen and oxygen atoms in total. The third-order valence-corrected chi connectivity index (χ3v) is 6.72. The van der Waals surface area contributed by atoms with E-state index in [1.807, 2.05) is 36.7 Å². The lowest BCUT2D eigenvalue weighted by atomic mass is 9.99. The highest BCUT2D eigenvalue weighted by molar-refractivity contribution is 8.00. The summed E-state index contributed by atoms with van der Waals surface area (Å²) in [5, 5.41) is 7.94. The molecule has 0 amide bonds. The smallest absolute Gasteiger partial charge is 0.193 e. The molecule has 7 heteroatoms. The Labute approximate surface area is 149 Å². The van der Waals surface area contributed by atoms with Crippen molar-refractivity contribution in [1.82, 2.24) is 20.0 Å². The third kappa shape index (κ3) is 3.88. The molecule has 24 heavy (non-hydrogen) atoms. The van der Waals surface area contributed by atoms with E-state index >= 15 is 0 Å². The zero-order valence-corrected chi connectivity index (χ0v) is 15.8. The fourth-order valence-electron chi connectivity index (χ4n) is 3.64. The van der Waals surface area contributed by atoms with E-state index in [-0.39, 0.29) is 4.75 Å². The van der Waals surface area contributed by atoms with Gasteiger partial charge in [0.15, 0.2) is 5.96 Å². The van der Waals surface area contributed by atoms with Gasteiger partial charge in [0.05, 0.1) is 6.20 Å². The van der Waals surface area contributed by atoms with Crippen molar-refractivity contribution in [3.63, 3.8) is 0 Å². The molecular formula is C17H29N5OS. The van der Waals surface area contributed by atoms with E-state index in [0.29, 0.717) is 5.92 Å². The average Bonchev–Trinajstić information content (AvgIpc) is 3.25. The van der Waals surface area contributed by atoms with Crippen LogP contribution < -0.4 is 5.32 Å². The zero-order valence-electron chi connectivity index (χ0n) is 15.0. The number of ether oxygens (including phenoxy) is 1. The lowest BCUT2D eigenvalue weighted by molar-refractivity contribution is 0.0781. The molecule has 3 rings (SSSR count). The first-order valence-electron chi connectivity index (χ1n) is 8.73. The number of nitrogens with one attached hydrogen (secondary N) is 1. The molecule has 1 aromatic heterocycles. The maximum atomic E-state index is 5.53. The number of hydrogen-bond donors (Lipinski definition) is 1. The maximum absolute atomic E-state index is 5.53. The molecule has 0 radical (unpaired) electrons. The predicted molar refractivity (Wildman–Crippen MR) is 99.8 cm³/mol. The van der Waals surface area contributed by atoms with E-state index in [1.165, 1.54) is 5.56 Å². The molecule has 0 spiro atoms. The number of likely N-dealkylation sites (tertiary alicyclic amines) is 1. The van der Waals surface area contributed by atoms with Gasteiger partial charge in [-0.1, -0.05) is 0 Å². The molecule has 2 saturated heterocycles. The van der Waals surface area contributed by atoms with Crippen LogP contribution >= 0.6 is 11.8 Å². The lowest BCUT2D eigenvalue weighted by Gasteiger charge is -2.37. The van der Waals surface area contributed by atoms with E-state index in [1.54, 1.807) is 0 Å². The lowest BCUT2D eigenvalue weighted by Crippen LogP contribution is -2.48. The highest BCUT2D eigenvalue weighted by Crippen LogP contribution is 2.33. The Bertz CT molecular complexity index is 567. The molecule has 1 unspecified atom stereocenters. The van der Waals surface area contributed by atoms with Gasteiger partial charge in [-0.15, -0.1) is 0 Å². The minimum Gasteiger partial charge on any atom is -0.381 e. The second-order valence-electron chi connectivity index (χ2n) is 6.78. The average molecular weight is 352 g/mol. The Kier molecular flexibility index (Phi) is 5.71. The second kappa shape index (κ2) is 7.78. The predicted octanol–water partition coefficient (Wildman–Crippen LogP) is 1.70. The van der Waals surface area contributed by atoms with Crippen molar-refractivity contribution < 1.29 is 4.74 Å². The summed E-state index contributed by atoms with van der Waals surface area (Å²) in [7, 11) is 3.86. The molecule has 1 atom stereocenters. The van der Waals surface area contributed by atoms with Crippen LogP contribution in [0, 0.1) is 0 Å². The number of aryl methyl sites for hydroxylation is 1. The van der Waals surface area contributed by atoms with E-state index in [2.05, 4.69) is 32.8 Å². The van der Waals surface area contributed by atoms with Gasteiger partial charge in [-0.3, -0.25) is 9.67 Å². The minimum atomic E-state index is 0.274. The number of rotatable bonds is 4. The van der Waals surface area contributed by atoms with Crippen molar-refractivity contribution >= 4 is 17.7 Å². The largest absolute Gasteiger partial charge is 0.381 e. The van der Waals surface area contributed by atoms with Crippen molar-refractivity contribution in [2.75, 3.05) is 46.2 Å². The molecule has 2 aliphatic rings. The van der Waals surface area contributed by atoms with Crippen molar-refractivity contribution in [3.05, 3.63) is 18.0 Å². The van der Waals surface area contributed by atoms with Crippen LogP contribution in [0.1, 0.15) is 30.7 Å². The Morgan fingerprint density at radius 2 is 2.29 bits per heavy atom. The van der Waals surface area contributed by atoms with Gasteiger partial charge >= 0.3 is 0 Å². The van der Waals surface area contributed by atoms with E-state index in [9.17, 15) is 0 Å². The molecule has 0 aromatic carbocycles. The van der Waals surface area contributed by atoms with Crippen molar-refractivity contribution in [2.45, 2.75) is 29.9 Å². The monoisotopic (exact) mass is 351 g/mol. The van der Waals surface area contributed by atoms with Crippen LogP contribution in [-0.4, -0.2) is 71.5 Å². The van der Waals surface area contributed by atoms with Crippen molar-refractivity contribution in [1.29, 1.82) is 0 Å². The third-order valence-electron chi connectivity index (χ3n) is 5.30. The Morgan fingerprint density at radius 1 is 1.50 bits per heavy atom. The SMILES string of the molecule is CN=C(NCC1(SC)CCOCC1)N1CCC(c2cnn(C)c2)C1. The number of aliphatic imine (C=N–C) groups is 1. The van der Waals surface area contributed by atoms with Crippen LogP contribution in [0.25, 0.3) is 0 Å². The molecule has 1 N–H and O–H groups in total.